The van der Waals surface area contributed by atoms with E-state index < -0.39 is 0 Å². The van der Waals surface area contributed by atoms with E-state index in [2.05, 4.69) is 10.1 Å². The lowest BCUT2D eigenvalue weighted by atomic mass is 9.84. The van der Waals surface area contributed by atoms with Crippen molar-refractivity contribution in [2.24, 2.45) is 5.92 Å². The van der Waals surface area contributed by atoms with Gasteiger partial charge in [-0.15, -0.1) is 0 Å². The van der Waals surface area contributed by atoms with E-state index in [1.807, 2.05) is 36.9 Å². The molecule has 1 aromatic heterocycles. The first-order valence-corrected chi connectivity index (χ1v) is 9.39. The molecule has 0 spiro atoms. The van der Waals surface area contributed by atoms with Gasteiger partial charge in [-0.2, -0.15) is 4.98 Å². The molecule has 0 saturated heterocycles. The first-order chi connectivity index (χ1) is 13.0. The zero-order chi connectivity index (χ0) is 19.4. The van der Waals surface area contributed by atoms with Crippen molar-refractivity contribution in [3.05, 3.63) is 24.1 Å². The molecule has 0 unspecified atom stereocenters. The highest BCUT2D eigenvalue weighted by molar-refractivity contribution is 5.79. The van der Waals surface area contributed by atoms with Crippen molar-refractivity contribution in [1.29, 1.82) is 0 Å². The van der Waals surface area contributed by atoms with Crippen LogP contribution in [0, 0.1) is 5.92 Å². The first-order valence-electron chi connectivity index (χ1n) is 9.39. The van der Waals surface area contributed by atoms with Crippen molar-refractivity contribution in [1.82, 2.24) is 15.0 Å². The Hall–Kier alpha value is -2.57. The van der Waals surface area contributed by atoms with Crippen molar-refractivity contribution in [2.45, 2.75) is 45.6 Å². The van der Waals surface area contributed by atoms with Crippen LogP contribution >= 0.6 is 0 Å². The topological polar surface area (TPSA) is 77.7 Å². The lowest BCUT2D eigenvalue weighted by Gasteiger charge is -2.34. The minimum atomic E-state index is 0.159. The minimum absolute atomic E-state index is 0.159. The first kappa shape index (κ1) is 19.2. The minimum Gasteiger partial charge on any atom is -0.493 e. The predicted molar refractivity (Wildman–Crippen MR) is 101 cm³/mol. The number of rotatable bonds is 8. The van der Waals surface area contributed by atoms with Crippen LogP contribution in [0.15, 0.2) is 22.7 Å². The molecule has 0 atom stereocenters. The zero-order valence-electron chi connectivity index (χ0n) is 16.4. The van der Waals surface area contributed by atoms with Gasteiger partial charge in [-0.1, -0.05) is 11.6 Å². The molecule has 2 aromatic rings. The third kappa shape index (κ3) is 4.23. The van der Waals surface area contributed by atoms with Crippen LogP contribution in [0.4, 0.5) is 0 Å². The summed E-state index contributed by atoms with van der Waals surface area (Å²) in [5, 5.41) is 4.06. The molecule has 1 aliphatic carbocycles. The number of methoxy groups -OCH3 is 2. The second kappa shape index (κ2) is 8.41. The van der Waals surface area contributed by atoms with Crippen LogP contribution in [0.1, 0.15) is 39.0 Å². The summed E-state index contributed by atoms with van der Waals surface area (Å²) in [6.07, 6.45) is 3.70. The van der Waals surface area contributed by atoms with E-state index >= 15 is 0 Å². The lowest BCUT2D eigenvalue weighted by molar-refractivity contribution is -0.139. The van der Waals surface area contributed by atoms with Crippen molar-refractivity contribution in [3.8, 4) is 22.9 Å². The Morgan fingerprint density at radius 3 is 2.59 bits per heavy atom. The third-order valence-electron chi connectivity index (χ3n) is 5.04. The van der Waals surface area contributed by atoms with E-state index in [1.54, 1.807) is 14.2 Å². The molecule has 1 fully saturated rings. The van der Waals surface area contributed by atoms with Gasteiger partial charge in [-0.25, -0.2) is 0 Å². The maximum Gasteiger partial charge on any atom is 0.228 e. The van der Waals surface area contributed by atoms with Gasteiger partial charge in [0.05, 0.1) is 14.2 Å². The van der Waals surface area contributed by atoms with Gasteiger partial charge in [0.2, 0.25) is 17.6 Å². The molecule has 7 nitrogen and oxygen atoms in total. The summed E-state index contributed by atoms with van der Waals surface area (Å²) >= 11 is 0. The standard InChI is InChI=1S/C20H27N3O4/c1-13(2)23(20(24)14-6-5-7-14)11-10-18-21-19(22-27-18)15-8-9-16(25-3)17(12-15)26-4/h8-9,12-14H,5-7,10-11H2,1-4H3. The second-order valence-electron chi connectivity index (χ2n) is 7.08. The van der Waals surface area contributed by atoms with Crippen LogP contribution in [-0.4, -0.2) is 47.8 Å². The summed E-state index contributed by atoms with van der Waals surface area (Å²) < 4.78 is 16.0. The molecule has 0 bridgehead atoms. The van der Waals surface area contributed by atoms with E-state index in [9.17, 15) is 4.79 Å². The van der Waals surface area contributed by atoms with Crippen LogP contribution in [0.3, 0.4) is 0 Å². The van der Waals surface area contributed by atoms with Crippen LogP contribution in [0.5, 0.6) is 11.5 Å². The Balaban J connectivity index is 1.67. The highest BCUT2D eigenvalue weighted by atomic mass is 16.5. The largest absolute Gasteiger partial charge is 0.493 e. The smallest absolute Gasteiger partial charge is 0.228 e. The molecular weight excluding hydrogens is 346 g/mol. The number of carbonyl (C=O) groups is 1. The number of amides is 1. The summed E-state index contributed by atoms with van der Waals surface area (Å²) in [6.45, 7) is 4.67. The van der Waals surface area contributed by atoms with Crippen molar-refractivity contribution < 1.29 is 18.8 Å². The van der Waals surface area contributed by atoms with E-state index in [0.29, 0.717) is 36.2 Å². The average molecular weight is 373 g/mol. The molecule has 7 heteroatoms. The molecule has 1 aliphatic rings. The van der Waals surface area contributed by atoms with Crippen molar-refractivity contribution >= 4 is 5.91 Å². The predicted octanol–water partition coefficient (Wildman–Crippen LogP) is 3.33. The molecule has 1 amide bonds. The Morgan fingerprint density at radius 2 is 2.00 bits per heavy atom. The van der Waals surface area contributed by atoms with Gasteiger partial charge in [-0.3, -0.25) is 4.79 Å². The van der Waals surface area contributed by atoms with Gasteiger partial charge < -0.3 is 18.9 Å². The van der Waals surface area contributed by atoms with Crippen molar-refractivity contribution in [2.75, 3.05) is 20.8 Å². The lowest BCUT2D eigenvalue weighted by Crippen LogP contribution is -2.44. The number of hydrogen-bond acceptors (Lipinski definition) is 6. The summed E-state index contributed by atoms with van der Waals surface area (Å²) in [4.78, 5) is 19.0. The normalized spacial score (nSPS) is 14.1. The van der Waals surface area contributed by atoms with Crippen LogP contribution in [-0.2, 0) is 11.2 Å². The highest BCUT2D eigenvalue weighted by Gasteiger charge is 2.30. The fourth-order valence-electron chi connectivity index (χ4n) is 3.18. The van der Waals surface area contributed by atoms with Gasteiger partial charge in [0.15, 0.2) is 11.5 Å². The number of carbonyl (C=O) groups excluding carboxylic acids is 1. The molecule has 1 saturated carbocycles. The van der Waals surface area contributed by atoms with E-state index in [0.717, 1.165) is 24.8 Å². The fourth-order valence-corrected chi connectivity index (χ4v) is 3.18. The quantitative estimate of drug-likeness (QED) is 0.706. The Labute approximate surface area is 159 Å². The van der Waals surface area contributed by atoms with Crippen molar-refractivity contribution in [3.63, 3.8) is 0 Å². The maximum atomic E-state index is 12.6. The molecule has 0 aliphatic heterocycles. The summed E-state index contributed by atoms with van der Waals surface area (Å²) in [6, 6.07) is 5.64. The molecule has 146 valence electrons. The van der Waals surface area contributed by atoms with Gasteiger partial charge >= 0.3 is 0 Å². The molecule has 27 heavy (non-hydrogen) atoms. The molecule has 0 radical (unpaired) electrons. The zero-order valence-corrected chi connectivity index (χ0v) is 16.4. The van der Waals surface area contributed by atoms with Gasteiger partial charge in [0, 0.05) is 30.5 Å². The van der Waals surface area contributed by atoms with Gasteiger partial charge in [-0.05, 0) is 44.9 Å². The molecule has 1 aromatic carbocycles. The molecule has 3 rings (SSSR count). The second-order valence-corrected chi connectivity index (χ2v) is 7.08. The molecular formula is C20H27N3O4. The fraction of sp³-hybridized carbons (Fsp3) is 0.550. The highest BCUT2D eigenvalue weighted by Crippen LogP contribution is 2.31. The summed E-state index contributed by atoms with van der Waals surface area (Å²) in [5.41, 5.74) is 0.786. The van der Waals surface area contributed by atoms with Gasteiger partial charge in [0.25, 0.3) is 0 Å². The number of ether oxygens (including phenoxy) is 2. The number of benzene rings is 1. The monoisotopic (exact) mass is 373 g/mol. The SMILES string of the molecule is COc1ccc(-c2noc(CCN(C(=O)C3CCC3)C(C)C)n2)cc1OC. The van der Waals surface area contributed by atoms with E-state index in [4.69, 9.17) is 14.0 Å². The number of aromatic nitrogens is 2. The van der Waals surface area contributed by atoms with E-state index in [1.165, 1.54) is 0 Å². The van der Waals surface area contributed by atoms with Crippen LogP contribution in [0.2, 0.25) is 0 Å². The third-order valence-corrected chi connectivity index (χ3v) is 5.04. The molecule has 1 heterocycles. The van der Waals surface area contributed by atoms with Crippen LogP contribution < -0.4 is 9.47 Å². The number of hydrogen-bond donors (Lipinski definition) is 0. The van der Waals surface area contributed by atoms with Crippen LogP contribution in [0.25, 0.3) is 11.4 Å². The van der Waals surface area contributed by atoms with Gasteiger partial charge in [0.1, 0.15) is 0 Å². The average Bonchev–Trinajstić information content (AvgIpc) is 3.08. The Morgan fingerprint density at radius 1 is 1.26 bits per heavy atom. The Kier molecular flexibility index (Phi) is 5.98. The summed E-state index contributed by atoms with van der Waals surface area (Å²) in [7, 11) is 3.18. The molecule has 0 N–H and O–H groups in total. The van der Waals surface area contributed by atoms with E-state index in [-0.39, 0.29) is 17.9 Å². The maximum absolute atomic E-state index is 12.6. The number of nitrogens with zero attached hydrogens (tertiary/aromatic N) is 3. The summed E-state index contributed by atoms with van der Waals surface area (Å²) in [5.74, 6) is 2.71. The Bertz CT molecular complexity index is 783.